The zero-order valence-electron chi connectivity index (χ0n) is 13.3. The Kier molecular flexibility index (Phi) is 3.43. The lowest BCUT2D eigenvalue weighted by atomic mass is 10.1. The van der Waals surface area contributed by atoms with Gasteiger partial charge in [0.2, 0.25) is 0 Å². The van der Waals surface area contributed by atoms with E-state index in [4.69, 9.17) is 5.73 Å². The van der Waals surface area contributed by atoms with Gasteiger partial charge in [0.15, 0.2) is 5.69 Å². The summed E-state index contributed by atoms with van der Waals surface area (Å²) in [5.41, 5.74) is 8.49. The number of rotatable bonds is 3. The van der Waals surface area contributed by atoms with Crippen molar-refractivity contribution in [2.24, 2.45) is 0 Å². The van der Waals surface area contributed by atoms with Crippen LogP contribution in [0.5, 0.6) is 0 Å². The first-order valence-corrected chi connectivity index (χ1v) is 7.62. The zero-order valence-corrected chi connectivity index (χ0v) is 13.3. The van der Waals surface area contributed by atoms with E-state index in [-0.39, 0.29) is 11.4 Å². The Labute approximate surface area is 130 Å². The van der Waals surface area contributed by atoms with Crippen LogP contribution in [0, 0.1) is 0 Å². The first kappa shape index (κ1) is 14.6. The monoisotopic (exact) mass is 298 g/mol. The van der Waals surface area contributed by atoms with Crippen molar-refractivity contribution in [1.82, 2.24) is 9.78 Å². The summed E-state index contributed by atoms with van der Waals surface area (Å²) in [5.74, 6) is 0.317. The summed E-state index contributed by atoms with van der Waals surface area (Å²) in [4.78, 5) is 12.5. The van der Waals surface area contributed by atoms with E-state index in [0.717, 1.165) is 5.69 Å². The van der Waals surface area contributed by atoms with Crippen LogP contribution in [-0.4, -0.2) is 15.7 Å². The molecule has 3 N–H and O–H groups in total. The van der Waals surface area contributed by atoms with E-state index in [0.29, 0.717) is 23.0 Å². The Morgan fingerprint density at radius 3 is 2.59 bits per heavy atom. The number of carbonyl (C=O) groups excluding carboxylic acids is 1. The molecule has 0 saturated heterocycles. The lowest BCUT2D eigenvalue weighted by Gasteiger charge is -2.22. The summed E-state index contributed by atoms with van der Waals surface area (Å²) >= 11 is 0. The fraction of sp³-hybridized carbons (Fsp3) is 0.412. The van der Waals surface area contributed by atoms with Crippen LogP contribution in [0.4, 0.5) is 11.4 Å². The molecule has 1 saturated carbocycles. The first-order valence-electron chi connectivity index (χ1n) is 7.62. The molecule has 1 heterocycles. The predicted molar refractivity (Wildman–Crippen MR) is 88.0 cm³/mol. The molecule has 1 amide bonds. The van der Waals surface area contributed by atoms with Gasteiger partial charge in [-0.05, 0) is 51.8 Å². The van der Waals surface area contributed by atoms with E-state index in [1.807, 2.05) is 22.9 Å². The van der Waals surface area contributed by atoms with Crippen molar-refractivity contribution in [1.29, 1.82) is 0 Å². The van der Waals surface area contributed by atoms with Gasteiger partial charge < -0.3 is 11.1 Å². The summed E-state index contributed by atoms with van der Waals surface area (Å²) in [7, 11) is 0. The smallest absolute Gasteiger partial charge is 0.276 e. The number of nitrogens with two attached hydrogens (primary N) is 1. The van der Waals surface area contributed by atoms with Gasteiger partial charge in [0.25, 0.3) is 5.91 Å². The number of nitrogen functional groups attached to an aromatic ring is 1. The number of anilines is 2. The molecule has 1 aliphatic rings. The van der Waals surface area contributed by atoms with Crippen LogP contribution in [0.15, 0.2) is 30.3 Å². The molecule has 0 unspecified atom stereocenters. The van der Waals surface area contributed by atoms with Crippen molar-refractivity contribution in [3.63, 3.8) is 0 Å². The highest BCUT2D eigenvalue weighted by Crippen LogP contribution is 2.41. The molecular weight excluding hydrogens is 276 g/mol. The number of carbonyl (C=O) groups is 1. The van der Waals surface area contributed by atoms with Crippen molar-refractivity contribution >= 4 is 17.3 Å². The van der Waals surface area contributed by atoms with Gasteiger partial charge in [-0.1, -0.05) is 12.1 Å². The molecule has 0 spiro atoms. The van der Waals surface area contributed by atoms with Crippen molar-refractivity contribution in [2.45, 2.75) is 45.1 Å². The minimum absolute atomic E-state index is 0.137. The van der Waals surface area contributed by atoms with Crippen LogP contribution in [0.25, 0.3) is 0 Å². The Hall–Kier alpha value is -2.30. The quantitative estimate of drug-likeness (QED) is 0.853. The van der Waals surface area contributed by atoms with E-state index in [9.17, 15) is 4.79 Å². The summed E-state index contributed by atoms with van der Waals surface area (Å²) in [6.07, 6.45) is 2.35. The van der Waals surface area contributed by atoms with Crippen molar-refractivity contribution < 1.29 is 4.79 Å². The standard InChI is InChI=1S/C17H22N4O/c1-17(2,3)21-15(11-8-9-11)10-14(20-21)16(22)19-13-7-5-4-6-12(13)18/h4-7,10-11H,8-9,18H2,1-3H3,(H,19,22). The lowest BCUT2D eigenvalue weighted by molar-refractivity contribution is 0.102. The lowest BCUT2D eigenvalue weighted by Crippen LogP contribution is -2.25. The molecule has 0 aliphatic heterocycles. The average Bonchev–Trinajstić information content (AvgIpc) is 3.18. The second-order valence-electron chi connectivity index (χ2n) is 6.85. The number of hydrogen-bond acceptors (Lipinski definition) is 3. The molecule has 116 valence electrons. The van der Waals surface area contributed by atoms with Gasteiger partial charge in [-0.15, -0.1) is 0 Å². The molecule has 0 radical (unpaired) electrons. The molecule has 5 heteroatoms. The number of para-hydroxylation sites is 2. The van der Waals surface area contributed by atoms with Gasteiger partial charge in [0.05, 0.1) is 16.9 Å². The summed E-state index contributed by atoms with van der Waals surface area (Å²) in [5, 5.41) is 7.37. The summed E-state index contributed by atoms with van der Waals surface area (Å²) in [6, 6.07) is 9.14. The van der Waals surface area contributed by atoms with Gasteiger partial charge in [-0.3, -0.25) is 9.48 Å². The Morgan fingerprint density at radius 2 is 2.00 bits per heavy atom. The number of nitrogens with one attached hydrogen (secondary N) is 1. The van der Waals surface area contributed by atoms with Crippen LogP contribution >= 0.6 is 0 Å². The number of nitrogens with zero attached hydrogens (tertiary/aromatic N) is 2. The van der Waals surface area contributed by atoms with E-state index in [1.165, 1.54) is 12.8 Å². The minimum Gasteiger partial charge on any atom is -0.397 e. The van der Waals surface area contributed by atoms with E-state index in [1.54, 1.807) is 12.1 Å². The molecule has 3 rings (SSSR count). The molecule has 1 aromatic heterocycles. The predicted octanol–water partition coefficient (Wildman–Crippen LogP) is 3.35. The third kappa shape index (κ3) is 2.84. The summed E-state index contributed by atoms with van der Waals surface area (Å²) < 4.78 is 1.98. The Bertz CT molecular complexity index is 708. The molecular formula is C17H22N4O. The normalized spacial score (nSPS) is 14.9. The maximum absolute atomic E-state index is 12.5. The highest BCUT2D eigenvalue weighted by molar-refractivity contribution is 6.04. The van der Waals surface area contributed by atoms with Gasteiger partial charge in [0.1, 0.15) is 0 Å². The maximum atomic E-state index is 12.5. The van der Waals surface area contributed by atoms with Crippen molar-refractivity contribution in [2.75, 3.05) is 11.1 Å². The minimum atomic E-state index is -0.220. The van der Waals surface area contributed by atoms with Crippen LogP contribution in [0.1, 0.15) is 55.7 Å². The second-order valence-corrected chi connectivity index (χ2v) is 6.85. The van der Waals surface area contributed by atoms with Gasteiger partial charge in [-0.2, -0.15) is 5.10 Å². The molecule has 0 atom stereocenters. The molecule has 0 bridgehead atoms. The van der Waals surface area contributed by atoms with Crippen LogP contribution in [0.2, 0.25) is 0 Å². The molecule has 22 heavy (non-hydrogen) atoms. The number of hydrogen-bond donors (Lipinski definition) is 2. The Morgan fingerprint density at radius 1 is 1.32 bits per heavy atom. The number of amides is 1. The van der Waals surface area contributed by atoms with Crippen molar-refractivity contribution in [3.05, 3.63) is 41.7 Å². The van der Waals surface area contributed by atoms with Crippen LogP contribution < -0.4 is 11.1 Å². The maximum Gasteiger partial charge on any atom is 0.276 e. The fourth-order valence-corrected chi connectivity index (χ4v) is 2.51. The Balaban J connectivity index is 1.88. The fourth-order valence-electron chi connectivity index (χ4n) is 2.51. The highest BCUT2D eigenvalue weighted by atomic mass is 16.2. The number of benzene rings is 1. The first-order chi connectivity index (χ1) is 10.4. The highest BCUT2D eigenvalue weighted by Gasteiger charge is 2.32. The van der Waals surface area contributed by atoms with Crippen molar-refractivity contribution in [3.8, 4) is 0 Å². The van der Waals surface area contributed by atoms with E-state index < -0.39 is 0 Å². The topological polar surface area (TPSA) is 72.9 Å². The zero-order chi connectivity index (χ0) is 15.9. The van der Waals surface area contributed by atoms with E-state index in [2.05, 4.69) is 31.2 Å². The van der Waals surface area contributed by atoms with Crippen LogP contribution in [-0.2, 0) is 5.54 Å². The van der Waals surface area contributed by atoms with Gasteiger partial charge in [0, 0.05) is 11.6 Å². The van der Waals surface area contributed by atoms with E-state index >= 15 is 0 Å². The largest absolute Gasteiger partial charge is 0.397 e. The van der Waals surface area contributed by atoms with Gasteiger partial charge in [-0.25, -0.2) is 0 Å². The van der Waals surface area contributed by atoms with Crippen LogP contribution in [0.3, 0.4) is 0 Å². The molecule has 1 fully saturated rings. The number of aromatic nitrogens is 2. The third-order valence-electron chi connectivity index (χ3n) is 3.81. The average molecular weight is 298 g/mol. The SMILES string of the molecule is CC(C)(C)n1nc(C(=O)Nc2ccccc2N)cc1C1CC1. The molecule has 5 nitrogen and oxygen atoms in total. The second kappa shape index (κ2) is 5.16. The third-order valence-corrected chi connectivity index (χ3v) is 3.81. The van der Waals surface area contributed by atoms with Gasteiger partial charge >= 0.3 is 0 Å². The molecule has 2 aromatic rings. The molecule has 1 aliphatic carbocycles. The molecule has 1 aromatic carbocycles. The summed E-state index contributed by atoms with van der Waals surface area (Å²) in [6.45, 7) is 6.30.